The minimum absolute atomic E-state index is 0.108. The van der Waals surface area contributed by atoms with E-state index in [0.29, 0.717) is 5.92 Å². The summed E-state index contributed by atoms with van der Waals surface area (Å²) in [6.07, 6.45) is 3.57. The summed E-state index contributed by atoms with van der Waals surface area (Å²) in [5, 5.41) is 12.5. The Labute approximate surface area is 180 Å². The zero-order valence-electron chi connectivity index (χ0n) is 18.6. The van der Waals surface area contributed by atoms with Crippen molar-refractivity contribution in [2.75, 3.05) is 16.8 Å². The fraction of sp³-hybridized carbons (Fsp3) is 0.385. The van der Waals surface area contributed by atoms with E-state index in [4.69, 9.17) is 0 Å². The van der Waals surface area contributed by atoms with Gasteiger partial charge in [0.1, 0.15) is 11.6 Å². The van der Waals surface area contributed by atoms with E-state index >= 15 is 0 Å². The smallest absolute Gasteiger partial charge is 0.266 e. The number of fused-ring (bicyclic) bond motifs is 1. The highest BCUT2D eigenvalue weighted by molar-refractivity contribution is 6.10. The van der Waals surface area contributed by atoms with Gasteiger partial charge in [0.05, 0.1) is 0 Å². The second-order valence-corrected chi connectivity index (χ2v) is 8.61. The lowest BCUT2D eigenvalue weighted by Gasteiger charge is -2.47. The highest BCUT2D eigenvalue weighted by Crippen LogP contribution is 2.43. The van der Waals surface area contributed by atoms with Gasteiger partial charge in [-0.15, -0.1) is 0 Å². The molecule has 30 heavy (non-hydrogen) atoms. The summed E-state index contributed by atoms with van der Waals surface area (Å²) in [6, 6.07) is 16.0. The molecule has 2 aromatic rings. The molecular formula is C26H31N3O. The summed E-state index contributed by atoms with van der Waals surface area (Å²) in [5.74, 6) is 0.0439. The standard InChI is InChI=1S/C26H31N3O/c1-6-20-10-8-9-11-23(20)28-25(30)21(17-27)14-19-12-13-24-22(15-19)18(3)16-26(4,5)29(24)7-2/h8-15,18H,6-7,16H2,1-5H3,(H,28,30)/b21-14-/t18-/m1/s1. The second-order valence-electron chi connectivity index (χ2n) is 8.61. The summed E-state index contributed by atoms with van der Waals surface area (Å²) in [6.45, 7) is 12.0. The Bertz CT molecular complexity index is 1010. The van der Waals surface area contributed by atoms with Crippen molar-refractivity contribution in [3.63, 3.8) is 0 Å². The number of nitriles is 1. The average Bonchev–Trinajstić information content (AvgIpc) is 2.72. The van der Waals surface area contributed by atoms with E-state index in [0.717, 1.165) is 36.2 Å². The van der Waals surface area contributed by atoms with E-state index in [1.165, 1.54) is 11.3 Å². The summed E-state index contributed by atoms with van der Waals surface area (Å²) < 4.78 is 0. The maximum atomic E-state index is 12.7. The largest absolute Gasteiger partial charge is 0.366 e. The van der Waals surface area contributed by atoms with Crippen LogP contribution in [0, 0.1) is 11.3 Å². The number of nitrogens with one attached hydrogen (secondary N) is 1. The monoisotopic (exact) mass is 401 g/mol. The third kappa shape index (κ3) is 4.26. The maximum Gasteiger partial charge on any atom is 0.266 e. The number of anilines is 2. The summed E-state index contributed by atoms with van der Waals surface area (Å²) in [4.78, 5) is 15.2. The molecule has 0 fully saturated rings. The Kier molecular flexibility index (Phi) is 6.31. The van der Waals surface area contributed by atoms with Crippen molar-refractivity contribution in [2.45, 2.75) is 58.9 Å². The molecule has 1 amide bonds. The van der Waals surface area contributed by atoms with E-state index in [1.54, 1.807) is 6.08 Å². The zero-order chi connectivity index (χ0) is 21.9. The molecule has 156 valence electrons. The fourth-order valence-corrected chi connectivity index (χ4v) is 4.65. The van der Waals surface area contributed by atoms with Gasteiger partial charge in [-0.3, -0.25) is 4.79 Å². The van der Waals surface area contributed by atoms with Gasteiger partial charge in [-0.2, -0.15) is 5.26 Å². The lowest BCUT2D eigenvalue weighted by molar-refractivity contribution is -0.112. The molecule has 1 aliphatic heterocycles. The van der Waals surface area contributed by atoms with Gasteiger partial charge >= 0.3 is 0 Å². The molecule has 1 atom stereocenters. The maximum absolute atomic E-state index is 12.7. The van der Waals surface area contributed by atoms with Gasteiger partial charge in [0.15, 0.2) is 0 Å². The molecule has 0 aromatic heterocycles. The van der Waals surface area contributed by atoms with Crippen LogP contribution in [0.15, 0.2) is 48.0 Å². The van der Waals surface area contributed by atoms with E-state index in [1.807, 2.05) is 37.3 Å². The van der Waals surface area contributed by atoms with Crippen molar-refractivity contribution in [3.05, 3.63) is 64.7 Å². The van der Waals surface area contributed by atoms with Gasteiger partial charge < -0.3 is 10.2 Å². The van der Waals surface area contributed by atoms with Crippen molar-refractivity contribution in [1.82, 2.24) is 0 Å². The molecule has 4 heteroatoms. The second kappa shape index (κ2) is 8.75. The molecule has 4 nitrogen and oxygen atoms in total. The summed E-state index contributed by atoms with van der Waals surface area (Å²) in [7, 11) is 0. The first-order chi connectivity index (χ1) is 14.3. The molecule has 0 unspecified atom stereocenters. The van der Waals surface area contributed by atoms with Gasteiger partial charge in [0.25, 0.3) is 5.91 Å². The lowest BCUT2D eigenvalue weighted by atomic mass is 9.79. The van der Waals surface area contributed by atoms with Crippen LogP contribution >= 0.6 is 0 Å². The van der Waals surface area contributed by atoms with Gasteiger partial charge in [-0.1, -0.05) is 38.1 Å². The predicted octanol–water partition coefficient (Wildman–Crippen LogP) is 5.91. The van der Waals surface area contributed by atoms with Crippen LogP contribution in [-0.2, 0) is 11.2 Å². The van der Waals surface area contributed by atoms with Crippen molar-refractivity contribution < 1.29 is 4.79 Å². The Morgan fingerprint density at radius 1 is 1.27 bits per heavy atom. The van der Waals surface area contributed by atoms with Crippen LogP contribution in [-0.4, -0.2) is 18.0 Å². The minimum atomic E-state index is -0.375. The number of benzene rings is 2. The van der Waals surface area contributed by atoms with Crippen molar-refractivity contribution >= 4 is 23.4 Å². The summed E-state index contributed by atoms with van der Waals surface area (Å²) in [5.41, 5.74) is 5.43. The quantitative estimate of drug-likeness (QED) is 0.501. The van der Waals surface area contributed by atoms with Gasteiger partial charge in [0, 0.05) is 23.5 Å². The molecule has 2 aromatic carbocycles. The highest BCUT2D eigenvalue weighted by atomic mass is 16.1. The van der Waals surface area contributed by atoms with Crippen molar-refractivity contribution in [1.29, 1.82) is 5.26 Å². The highest BCUT2D eigenvalue weighted by Gasteiger charge is 2.35. The van der Waals surface area contributed by atoms with Crippen LogP contribution in [0.2, 0.25) is 0 Å². The molecule has 0 aliphatic carbocycles. The van der Waals surface area contributed by atoms with E-state index in [9.17, 15) is 10.1 Å². The van der Waals surface area contributed by atoms with Crippen LogP contribution in [0.25, 0.3) is 6.08 Å². The average molecular weight is 402 g/mol. The Balaban J connectivity index is 1.91. The number of amides is 1. The number of rotatable bonds is 5. The van der Waals surface area contributed by atoms with Crippen LogP contribution < -0.4 is 10.2 Å². The number of hydrogen-bond acceptors (Lipinski definition) is 3. The summed E-state index contributed by atoms with van der Waals surface area (Å²) >= 11 is 0. The molecule has 0 bridgehead atoms. The van der Waals surface area contributed by atoms with E-state index in [-0.39, 0.29) is 17.0 Å². The molecule has 1 aliphatic rings. The van der Waals surface area contributed by atoms with E-state index in [2.05, 4.69) is 56.1 Å². The van der Waals surface area contributed by atoms with Crippen LogP contribution in [0.3, 0.4) is 0 Å². The third-order valence-corrected chi connectivity index (χ3v) is 6.05. The zero-order valence-corrected chi connectivity index (χ0v) is 18.6. The molecule has 3 rings (SSSR count). The van der Waals surface area contributed by atoms with Crippen LogP contribution in [0.4, 0.5) is 11.4 Å². The van der Waals surface area contributed by atoms with Crippen LogP contribution in [0.5, 0.6) is 0 Å². The molecule has 1 N–H and O–H groups in total. The first kappa shape index (κ1) is 21.6. The Hall–Kier alpha value is -3.06. The van der Waals surface area contributed by atoms with Crippen LogP contribution in [0.1, 0.15) is 63.6 Å². The topological polar surface area (TPSA) is 56.1 Å². The number of carbonyl (C=O) groups excluding carboxylic acids is 1. The van der Waals surface area contributed by atoms with Gasteiger partial charge in [0.2, 0.25) is 0 Å². The van der Waals surface area contributed by atoms with Crippen molar-refractivity contribution in [2.24, 2.45) is 0 Å². The van der Waals surface area contributed by atoms with E-state index < -0.39 is 0 Å². The molecule has 0 radical (unpaired) electrons. The fourth-order valence-electron chi connectivity index (χ4n) is 4.65. The molecule has 1 heterocycles. The molecule has 0 saturated carbocycles. The lowest BCUT2D eigenvalue weighted by Crippen LogP contribution is -2.48. The SMILES string of the molecule is CCc1ccccc1NC(=O)/C(C#N)=C\c1ccc2c(c1)[C@H](C)CC(C)(C)N2CC. The Morgan fingerprint density at radius 3 is 2.67 bits per heavy atom. The molecule has 0 saturated heterocycles. The first-order valence-corrected chi connectivity index (χ1v) is 10.7. The van der Waals surface area contributed by atoms with Crippen molar-refractivity contribution in [3.8, 4) is 6.07 Å². The number of para-hydroxylation sites is 1. The molecule has 0 spiro atoms. The molecular weight excluding hydrogens is 370 g/mol. The third-order valence-electron chi connectivity index (χ3n) is 6.05. The number of hydrogen-bond donors (Lipinski definition) is 1. The number of carbonyl (C=O) groups is 1. The van der Waals surface area contributed by atoms with Gasteiger partial charge in [-0.25, -0.2) is 0 Å². The Morgan fingerprint density at radius 2 is 2.00 bits per heavy atom. The van der Waals surface area contributed by atoms with Gasteiger partial charge in [-0.05, 0) is 80.5 Å². The predicted molar refractivity (Wildman–Crippen MR) is 125 cm³/mol. The number of aryl methyl sites for hydroxylation is 1. The number of nitrogens with zero attached hydrogens (tertiary/aromatic N) is 2. The minimum Gasteiger partial charge on any atom is -0.366 e. The first-order valence-electron chi connectivity index (χ1n) is 10.7. The normalized spacial score (nSPS) is 17.8.